The molecule has 1 amide bonds. The Hall–Kier alpha value is -1.06. The summed E-state index contributed by atoms with van der Waals surface area (Å²) in [7, 11) is 0. The van der Waals surface area contributed by atoms with E-state index in [1.807, 2.05) is 0 Å². The normalized spacial score (nSPS) is 23.8. The van der Waals surface area contributed by atoms with Crippen LogP contribution in [0.4, 0.5) is 0 Å². The van der Waals surface area contributed by atoms with E-state index in [0.717, 1.165) is 38.5 Å². The van der Waals surface area contributed by atoms with E-state index in [4.69, 9.17) is 5.11 Å². The van der Waals surface area contributed by atoms with E-state index in [9.17, 15) is 9.59 Å². The topological polar surface area (TPSA) is 66.4 Å². The Bertz CT molecular complexity index is 280. The second-order valence-electron chi connectivity index (χ2n) is 5.00. The van der Waals surface area contributed by atoms with Crippen molar-refractivity contribution in [2.75, 3.05) is 0 Å². The summed E-state index contributed by atoms with van der Waals surface area (Å²) in [4.78, 5) is 22.8. The Kier molecular flexibility index (Phi) is 3.46. The Labute approximate surface area is 95.4 Å². The van der Waals surface area contributed by atoms with Crippen molar-refractivity contribution in [2.45, 2.75) is 51.0 Å². The second-order valence-corrected chi connectivity index (χ2v) is 5.00. The number of amides is 1. The molecule has 0 heterocycles. The lowest BCUT2D eigenvalue weighted by molar-refractivity contribution is -0.144. The summed E-state index contributed by atoms with van der Waals surface area (Å²) in [6.45, 7) is 0. The van der Waals surface area contributed by atoms with Crippen molar-refractivity contribution in [3.05, 3.63) is 0 Å². The highest BCUT2D eigenvalue weighted by atomic mass is 16.4. The van der Waals surface area contributed by atoms with Crippen LogP contribution in [0.3, 0.4) is 0 Å². The number of carbonyl (C=O) groups is 2. The third kappa shape index (κ3) is 2.74. The van der Waals surface area contributed by atoms with Crippen LogP contribution in [0.15, 0.2) is 0 Å². The summed E-state index contributed by atoms with van der Waals surface area (Å²) < 4.78 is 0. The average molecular weight is 225 g/mol. The number of aliphatic carboxylic acids is 1. The van der Waals surface area contributed by atoms with Crippen molar-refractivity contribution in [3.8, 4) is 0 Å². The molecular formula is C12H19NO3. The molecule has 0 unspecified atom stereocenters. The summed E-state index contributed by atoms with van der Waals surface area (Å²) in [5.74, 6) is -0.710. The van der Waals surface area contributed by atoms with Gasteiger partial charge in [-0.25, -0.2) is 4.79 Å². The Morgan fingerprint density at radius 1 is 1.06 bits per heavy atom. The van der Waals surface area contributed by atoms with Crippen LogP contribution in [0.2, 0.25) is 0 Å². The van der Waals surface area contributed by atoms with Crippen LogP contribution >= 0.6 is 0 Å². The van der Waals surface area contributed by atoms with Gasteiger partial charge in [0.15, 0.2) is 0 Å². The van der Waals surface area contributed by atoms with E-state index in [0.29, 0.717) is 0 Å². The lowest BCUT2D eigenvalue weighted by Crippen LogP contribution is -2.47. The van der Waals surface area contributed by atoms with Gasteiger partial charge in [-0.3, -0.25) is 4.79 Å². The van der Waals surface area contributed by atoms with E-state index >= 15 is 0 Å². The maximum absolute atomic E-state index is 11.6. The van der Waals surface area contributed by atoms with Gasteiger partial charge in [0, 0.05) is 5.92 Å². The molecule has 0 saturated heterocycles. The van der Waals surface area contributed by atoms with Gasteiger partial charge in [0.05, 0.1) is 0 Å². The van der Waals surface area contributed by atoms with Crippen molar-refractivity contribution in [1.82, 2.24) is 5.32 Å². The molecule has 4 nitrogen and oxygen atoms in total. The monoisotopic (exact) mass is 225 g/mol. The Morgan fingerprint density at radius 3 is 2.19 bits per heavy atom. The number of carboxylic acids is 1. The van der Waals surface area contributed by atoms with Crippen LogP contribution in [0, 0.1) is 11.8 Å². The van der Waals surface area contributed by atoms with Crippen LogP contribution in [-0.4, -0.2) is 23.0 Å². The number of hydrogen-bond donors (Lipinski definition) is 2. The summed E-state index contributed by atoms with van der Waals surface area (Å²) in [5, 5.41) is 11.9. The molecule has 0 radical (unpaired) electrons. The molecule has 0 aromatic heterocycles. The van der Waals surface area contributed by atoms with Crippen LogP contribution < -0.4 is 5.32 Å². The first-order chi connectivity index (χ1) is 7.68. The van der Waals surface area contributed by atoms with Gasteiger partial charge >= 0.3 is 5.97 Å². The molecule has 0 spiro atoms. The van der Waals surface area contributed by atoms with Gasteiger partial charge in [-0.1, -0.05) is 19.3 Å². The zero-order chi connectivity index (χ0) is 11.5. The van der Waals surface area contributed by atoms with Gasteiger partial charge in [-0.15, -0.1) is 0 Å². The minimum absolute atomic E-state index is 0.0574. The molecule has 90 valence electrons. The maximum atomic E-state index is 11.6. The average Bonchev–Trinajstić information content (AvgIpc) is 3.10. The smallest absolute Gasteiger partial charge is 0.326 e. The fourth-order valence-electron chi connectivity index (χ4n) is 2.47. The Morgan fingerprint density at radius 2 is 1.69 bits per heavy atom. The molecule has 16 heavy (non-hydrogen) atoms. The lowest BCUT2D eigenvalue weighted by Gasteiger charge is -2.28. The summed E-state index contributed by atoms with van der Waals surface area (Å²) >= 11 is 0. The van der Waals surface area contributed by atoms with Crippen molar-refractivity contribution < 1.29 is 14.7 Å². The Balaban J connectivity index is 1.92. The molecular weight excluding hydrogens is 206 g/mol. The number of nitrogens with one attached hydrogen (secondary N) is 1. The lowest BCUT2D eigenvalue weighted by atomic mass is 9.84. The predicted octanol–water partition coefficient (Wildman–Crippen LogP) is 1.55. The van der Waals surface area contributed by atoms with Gasteiger partial charge in [-0.2, -0.15) is 0 Å². The zero-order valence-corrected chi connectivity index (χ0v) is 9.45. The van der Waals surface area contributed by atoms with Crippen molar-refractivity contribution >= 4 is 11.9 Å². The fraction of sp³-hybridized carbons (Fsp3) is 0.833. The molecule has 0 aromatic carbocycles. The largest absolute Gasteiger partial charge is 0.480 e. The van der Waals surface area contributed by atoms with Crippen LogP contribution in [0.1, 0.15) is 44.9 Å². The van der Waals surface area contributed by atoms with E-state index in [-0.39, 0.29) is 17.7 Å². The van der Waals surface area contributed by atoms with Gasteiger partial charge in [0.25, 0.3) is 0 Å². The molecule has 2 N–H and O–H groups in total. The standard InChI is InChI=1S/C12H19NO3/c14-11(9-6-7-9)13-10(12(15)16)8-4-2-1-3-5-8/h8-10H,1-7H2,(H,13,14)(H,15,16)/t10-/m1/s1. The number of carbonyl (C=O) groups excluding carboxylic acids is 1. The fourth-order valence-corrected chi connectivity index (χ4v) is 2.47. The SMILES string of the molecule is O=C(N[C@@H](C(=O)O)C1CCCCC1)C1CC1. The van der Waals surface area contributed by atoms with Crippen LogP contribution in [0.25, 0.3) is 0 Å². The van der Waals surface area contributed by atoms with E-state index < -0.39 is 12.0 Å². The molecule has 0 bridgehead atoms. The molecule has 2 aliphatic rings. The maximum Gasteiger partial charge on any atom is 0.326 e. The van der Waals surface area contributed by atoms with Gasteiger partial charge < -0.3 is 10.4 Å². The highest BCUT2D eigenvalue weighted by Gasteiger charge is 2.36. The molecule has 4 heteroatoms. The summed E-state index contributed by atoms with van der Waals surface area (Å²) in [5.41, 5.74) is 0. The minimum Gasteiger partial charge on any atom is -0.480 e. The van der Waals surface area contributed by atoms with E-state index in [1.165, 1.54) is 6.42 Å². The molecule has 0 aliphatic heterocycles. The zero-order valence-electron chi connectivity index (χ0n) is 9.45. The molecule has 2 rings (SSSR count). The van der Waals surface area contributed by atoms with Crippen molar-refractivity contribution in [1.29, 1.82) is 0 Å². The van der Waals surface area contributed by atoms with Gasteiger partial charge in [0.1, 0.15) is 6.04 Å². The third-order valence-electron chi connectivity index (χ3n) is 3.63. The van der Waals surface area contributed by atoms with Crippen molar-refractivity contribution in [2.24, 2.45) is 11.8 Å². The molecule has 2 aliphatic carbocycles. The first-order valence-corrected chi connectivity index (χ1v) is 6.21. The van der Waals surface area contributed by atoms with Gasteiger partial charge in [0.2, 0.25) is 5.91 Å². The first kappa shape index (κ1) is 11.4. The number of rotatable bonds is 4. The summed E-state index contributed by atoms with van der Waals surface area (Å²) in [6, 6.07) is -0.659. The molecule has 2 saturated carbocycles. The van der Waals surface area contributed by atoms with Crippen LogP contribution in [-0.2, 0) is 9.59 Å². The highest BCUT2D eigenvalue weighted by Crippen LogP contribution is 2.31. The molecule has 1 atom stereocenters. The quantitative estimate of drug-likeness (QED) is 0.762. The van der Waals surface area contributed by atoms with Crippen molar-refractivity contribution in [3.63, 3.8) is 0 Å². The third-order valence-corrected chi connectivity index (χ3v) is 3.63. The predicted molar refractivity (Wildman–Crippen MR) is 58.9 cm³/mol. The first-order valence-electron chi connectivity index (χ1n) is 6.21. The highest BCUT2D eigenvalue weighted by molar-refractivity contribution is 5.86. The molecule has 2 fully saturated rings. The number of carboxylic acid groups (broad SMARTS) is 1. The summed E-state index contributed by atoms with van der Waals surface area (Å²) in [6.07, 6.45) is 7.08. The van der Waals surface area contributed by atoms with E-state index in [2.05, 4.69) is 5.32 Å². The van der Waals surface area contributed by atoms with Crippen LogP contribution in [0.5, 0.6) is 0 Å². The van der Waals surface area contributed by atoms with E-state index in [1.54, 1.807) is 0 Å². The van der Waals surface area contributed by atoms with Gasteiger partial charge in [-0.05, 0) is 31.6 Å². The number of hydrogen-bond acceptors (Lipinski definition) is 2. The molecule has 0 aromatic rings. The minimum atomic E-state index is -0.874. The second kappa shape index (κ2) is 4.85.